The summed E-state index contributed by atoms with van der Waals surface area (Å²) in [7, 11) is 4.17. The van der Waals surface area contributed by atoms with Crippen LogP contribution in [-0.4, -0.2) is 40.9 Å². The first-order chi connectivity index (χ1) is 7.09. The van der Waals surface area contributed by atoms with Crippen LogP contribution in [0.15, 0.2) is 4.47 Å². The Hall–Kier alpha value is -0.390. The quantitative estimate of drug-likeness (QED) is 0.888. The van der Waals surface area contributed by atoms with Gasteiger partial charge in [-0.3, -0.25) is 9.58 Å². The molecule has 5 heteroatoms. The van der Waals surface area contributed by atoms with E-state index in [0.29, 0.717) is 6.04 Å². The van der Waals surface area contributed by atoms with E-state index in [1.54, 1.807) is 0 Å². The van der Waals surface area contributed by atoms with Gasteiger partial charge in [0.15, 0.2) is 0 Å². The molecule has 1 aromatic heterocycles. The summed E-state index contributed by atoms with van der Waals surface area (Å²) in [6.45, 7) is 5.18. The van der Waals surface area contributed by atoms with Crippen molar-refractivity contribution in [1.29, 1.82) is 0 Å². The van der Waals surface area contributed by atoms with Gasteiger partial charge in [0.2, 0.25) is 0 Å². The lowest BCUT2D eigenvalue weighted by Gasteiger charge is -2.35. The molecule has 1 aliphatic rings. The number of rotatable bonds is 3. The Kier molecular flexibility index (Phi) is 3.13. The molecule has 15 heavy (non-hydrogen) atoms. The molecule has 0 aromatic carbocycles. The Morgan fingerprint density at radius 1 is 1.60 bits per heavy atom. The fraction of sp³-hybridized carbons (Fsp3) is 0.700. The van der Waals surface area contributed by atoms with Gasteiger partial charge in [-0.2, -0.15) is 5.10 Å². The fourth-order valence-corrected chi connectivity index (χ4v) is 2.26. The van der Waals surface area contributed by atoms with E-state index in [9.17, 15) is 0 Å². The molecule has 1 saturated heterocycles. The van der Waals surface area contributed by atoms with Crippen LogP contribution >= 0.6 is 15.9 Å². The molecule has 0 atom stereocenters. The largest absolute Gasteiger partial charge is 0.314 e. The number of nitrogens with one attached hydrogen (secondary N) is 1. The second-order valence-corrected chi connectivity index (χ2v) is 4.99. The second-order valence-electron chi connectivity index (χ2n) is 4.20. The first-order valence-electron chi connectivity index (χ1n) is 5.18. The van der Waals surface area contributed by atoms with Crippen molar-refractivity contribution < 1.29 is 0 Å². The van der Waals surface area contributed by atoms with E-state index in [1.807, 2.05) is 18.7 Å². The lowest BCUT2D eigenvalue weighted by atomic mass is 10.1. The molecular formula is C10H17BrN4. The highest BCUT2D eigenvalue weighted by Crippen LogP contribution is 2.22. The maximum absolute atomic E-state index is 4.39. The molecular weight excluding hydrogens is 256 g/mol. The van der Waals surface area contributed by atoms with Gasteiger partial charge in [0, 0.05) is 32.7 Å². The van der Waals surface area contributed by atoms with E-state index in [0.717, 1.165) is 29.8 Å². The zero-order chi connectivity index (χ0) is 11.0. The van der Waals surface area contributed by atoms with E-state index in [1.165, 1.54) is 5.69 Å². The van der Waals surface area contributed by atoms with Crippen molar-refractivity contribution in [1.82, 2.24) is 20.0 Å². The second kappa shape index (κ2) is 4.23. The number of hydrogen-bond acceptors (Lipinski definition) is 3. The standard InChI is InChI=1S/C10H17BrN4/c1-7-10(11)9(15(3)13-7)6-14(2)8-4-12-5-8/h8,12H,4-6H2,1-3H3. The van der Waals surface area contributed by atoms with Crippen LogP contribution in [0.5, 0.6) is 0 Å². The maximum Gasteiger partial charge on any atom is 0.0739 e. The van der Waals surface area contributed by atoms with Gasteiger partial charge in [-0.05, 0) is 29.9 Å². The van der Waals surface area contributed by atoms with E-state index < -0.39 is 0 Å². The molecule has 1 aliphatic heterocycles. The molecule has 2 rings (SSSR count). The van der Waals surface area contributed by atoms with Crippen molar-refractivity contribution in [2.24, 2.45) is 7.05 Å². The average molecular weight is 273 g/mol. The molecule has 0 unspecified atom stereocenters. The van der Waals surface area contributed by atoms with Crippen LogP contribution in [0.4, 0.5) is 0 Å². The SMILES string of the molecule is Cc1nn(C)c(CN(C)C2CNC2)c1Br. The Labute approximate surface area is 98.8 Å². The number of hydrogen-bond donors (Lipinski definition) is 1. The molecule has 4 nitrogen and oxygen atoms in total. The lowest BCUT2D eigenvalue weighted by Crippen LogP contribution is -2.55. The predicted molar refractivity (Wildman–Crippen MR) is 63.8 cm³/mol. The van der Waals surface area contributed by atoms with E-state index in [4.69, 9.17) is 0 Å². The number of likely N-dealkylation sites (N-methyl/N-ethyl adjacent to an activating group) is 1. The third-order valence-electron chi connectivity index (χ3n) is 3.04. The molecule has 1 aromatic rings. The monoisotopic (exact) mass is 272 g/mol. The highest BCUT2D eigenvalue weighted by atomic mass is 79.9. The summed E-state index contributed by atoms with van der Waals surface area (Å²) in [6, 6.07) is 0.673. The molecule has 0 radical (unpaired) electrons. The summed E-state index contributed by atoms with van der Waals surface area (Å²) in [5.41, 5.74) is 2.31. The topological polar surface area (TPSA) is 33.1 Å². The smallest absolute Gasteiger partial charge is 0.0739 e. The van der Waals surface area contributed by atoms with Crippen molar-refractivity contribution >= 4 is 15.9 Å². The van der Waals surface area contributed by atoms with Crippen LogP contribution in [0.3, 0.4) is 0 Å². The summed E-state index contributed by atoms with van der Waals surface area (Å²) in [5, 5.41) is 7.68. The van der Waals surface area contributed by atoms with Crippen LogP contribution in [0, 0.1) is 6.92 Å². The van der Waals surface area contributed by atoms with E-state index in [-0.39, 0.29) is 0 Å². The zero-order valence-electron chi connectivity index (χ0n) is 9.42. The average Bonchev–Trinajstić information content (AvgIpc) is 2.29. The van der Waals surface area contributed by atoms with Gasteiger partial charge in [0.25, 0.3) is 0 Å². The Morgan fingerprint density at radius 2 is 2.27 bits per heavy atom. The highest BCUT2D eigenvalue weighted by molar-refractivity contribution is 9.10. The summed E-state index contributed by atoms with van der Waals surface area (Å²) >= 11 is 3.59. The molecule has 84 valence electrons. The lowest BCUT2D eigenvalue weighted by molar-refractivity contribution is 0.169. The predicted octanol–water partition coefficient (Wildman–Crippen LogP) is 0.895. The number of aromatic nitrogens is 2. The Morgan fingerprint density at radius 3 is 2.67 bits per heavy atom. The van der Waals surface area contributed by atoms with Crippen molar-refractivity contribution in [3.63, 3.8) is 0 Å². The van der Waals surface area contributed by atoms with Gasteiger partial charge in [0.05, 0.1) is 15.9 Å². The Balaban J connectivity index is 2.09. The molecule has 2 heterocycles. The molecule has 1 fully saturated rings. The number of halogens is 1. The summed E-state index contributed by atoms with van der Waals surface area (Å²) in [5.74, 6) is 0. The molecule has 0 spiro atoms. The van der Waals surface area contributed by atoms with Crippen LogP contribution in [-0.2, 0) is 13.6 Å². The molecule has 0 bridgehead atoms. The van der Waals surface area contributed by atoms with Gasteiger partial charge in [0.1, 0.15) is 0 Å². The minimum absolute atomic E-state index is 0.673. The van der Waals surface area contributed by atoms with Crippen molar-refractivity contribution in [3.8, 4) is 0 Å². The summed E-state index contributed by atoms with van der Waals surface area (Å²) < 4.78 is 3.10. The summed E-state index contributed by atoms with van der Waals surface area (Å²) in [4.78, 5) is 2.37. The van der Waals surface area contributed by atoms with Gasteiger partial charge < -0.3 is 5.32 Å². The van der Waals surface area contributed by atoms with Gasteiger partial charge >= 0.3 is 0 Å². The van der Waals surface area contributed by atoms with Gasteiger partial charge in [-0.15, -0.1) is 0 Å². The first-order valence-corrected chi connectivity index (χ1v) is 5.98. The zero-order valence-corrected chi connectivity index (χ0v) is 11.0. The van der Waals surface area contributed by atoms with Crippen molar-refractivity contribution in [2.45, 2.75) is 19.5 Å². The van der Waals surface area contributed by atoms with Crippen molar-refractivity contribution in [2.75, 3.05) is 20.1 Å². The van der Waals surface area contributed by atoms with Crippen LogP contribution in [0.2, 0.25) is 0 Å². The van der Waals surface area contributed by atoms with Gasteiger partial charge in [-0.1, -0.05) is 0 Å². The molecule has 0 amide bonds. The minimum atomic E-state index is 0.673. The number of aryl methyl sites for hydroxylation is 2. The van der Waals surface area contributed by atoms with Crippen LogP contribution in [0.25, 0.3) is 0 Å². The van der Waals surface area contributed by atoms with Crippen LogP contribution < -0.4 is 5.32 Å². The first kappa shape index (κ1) is 11.1. The van der Waals surface area contributed by atoms with Crippen LogP contribution in [0.1, 0.15) is 11.4 Å². The maximum atomic E-state index is 4.39. The van der Waals surface area contributed by atoms with Crippen molar-refractivity contribution in [3.05, 3.63) is 15.9 Å². The Bertz CT molecular complexity index is 357. The van der Waals surface area contributed by atoms with Gasteiger partial charge in [-0.25, -0.2) is 0 Å². The van der Waals surface area contributed by atoms with E-state index in [2.05, 4.69) is 38.3 Å². The summed E-state index contributed by atoms with van der Waals surface area (Å²) in [6.07, 6.45) is 0. The normalized spacial score (nSPS) is 17.1. The highest BCUT2D eigenvalue weighted by Gasteiger charge is 2.23. The molecule has 0 aliphatic carbocycles. The number of nitrogens with zero attached hydrogens (tertiary/aromatic N) is 3. The molecule has 1 N–H and O–H groups in total. The third kappa shape index (κ3) is 2.09. The fourth-order valence-electron chi connectivity index (χ4n) is 1.80. The molecule has 0 saturated carbocycles. The van der Waals surface area contributed by atoms with E-state index >= 15 is 0 Å². The minimum Gasteiger partial charge on any atom is -0.314 e. The third-order valence-corrected chi connectivity index (χ3v) is 4.08.